The molecule has 4 rings (SSSR count). The molecule has 0 saturated carbocycles. The van der Waals surface area contributed by atoms with Crippen LogP contribution in [0.4, 0.5) is 10.2 Å². The van der Waals surface area contributed by atoms with Gasteiger partial charge in [0.15, 0.2) is 5.65 Å². The van der Waals surface area contributed by atoms with Crippen LogP contribution < -0.4 is 9.64 Å². The second-order valence-corrected chi connectivity index (χ2v) is 6.78. The van der Waals surface area contributed by atoms with Crippen LogP contribution in [0.2, 0.25) is 0 Å². The predicted molar refractivity (Wildman–Crippen MR) is 103 cm³/mol. The van der Waals surface area contributed by atoms with Crippen molar-refractivity contribution in [2.24, 2.45) is 0 Å². The van der Waals surface area contributed by atoms with E-state index in [0.717, 1.165) is 0 Å². The number of nitrogens with zero attached hydrogens (tertiary/aromatic N) is 4. The first-order valence-corrected chi connectivity index (χ1v) is 9.31. The molecule has 0 amide bonds. The summed E-state index contributed by atoms with van der Waals surface area (Å²) in [6.45, 7) is 2.29. The summed E-state index contributed by atoms with van der Waals surface area (Å²) in [7, 11) is 1.52. The van der Waals surface area contributed by atoms with E-state index in [4.69, 9.17) is 9.47 Å². The number of esters is 1. The van der Waals surface area contributed by atoms with Gasteiger partial charge in [0, 0.05) is 18.3 Å². The molecule has 0 bridgehead atoms. The van der Waals surface area contributed by atoms with Crippen molar-refractivity contribution in [3.05, 3.63) is 53.6 Å². The van der Waals surface area contributed by atoms with Crippen molar-refractivity contribution in [1.82, 2.24) is 14.6 Å². The minimum absolute atomic E-state index is 0.246. The van der Waals surface area contributed by atoms with Crippen LogP contribution >= 0.6 is 0 Å². The van der Waals surface area contributed by atoms with Crippen LogP contribution in [-0.4, -0.2) is 52.0 Å². The molecule has 29 heavy (non-hydrogen) atoms. The second-order valence-electron chi connectivity index (χ2n) is 6.78. The summed E-state index contributed by atoms with van der Waals surface area (Å²) in [5.74, 6) is 0.187. The SMILES string of the molecule is CCOC(=O)c1cnn2ccc(N3CC(O)CC3c3cc(F)ccc3OC)nc12. The van der Waals surface area contributed by atoms with Gasteiger partial charge in [-0.25, -0.2) is 18.7 Å². The van der Waals surface area contributed by atoms with Crippen molar-refractivity contribution < 1.29 is 23.8 Å². The zero-order chi connectivity index (χ0) is 20.5. The Bertz CT molecular complexity index is 1050. The van der Waals surface area contributed by atoms with Crippen LogP contribution in [-0.2, 0) is 4.74 Å². The number of halogens is 1. The fourth-order valence-corrected chi connectivity index (χ4v) is 3.70. The smallest absolute Gasteiger partial charge is 0.343 e. The van der Waals surface area contributed by atoms with Gasteiger partial charge in [-0.2, -0.15) is 5.10 Å². The fourth-order valence-electron chi connectivity index (χ4n) is 3.70. The Morgan fingerprint density at radius 2 is 2.21 bits per heavy atom. The zero-order valence-electron chi connectivity index (χ0n) is 16.1. The van der Waals surface area contributed by atoms with E-state index in [1.54, 1.807) is 25.3 Å². The van der Waals surface area contributed by atoms with Crippen LogP contribution in [0, 0.1) is 5.82 Å². The molecule has 1 N–H and O–H groups in total. The average molecular weight is 400 g/mol. The first kappa shape index (κ1) is 19.1. The number of methoxy groups -OCH3 is 1. The number of ether oxygens (including phenoxy) is 2. The van der Waals surface area contributed by atoms with Crippen LogP contribution in [0.15, 0.2) is 36.7 Å². The summed E-state index contributed by atoms with van der Waals surface area (Å²) in [5, 5.41) is 14.5. The Hall–Kier alpha value is -3.20. The molecule has 3 heterocycles. The van der Waals surface area contributed by atoms with Crippen molar-refractivity contribution in [2.75, 3.05) is 25.2 Å². The van der Waals surface area contributed by atoms with Gasteiger partial charge < -0.3 is 19.5 Å². The quantitative estimate of drug-likeness (QED) is 0.658. The topological polar surface area (TPSA) is 89.2 Å². The van der Waals surface area contributed by atoms with E-state index in [1.165, 1.54) is 30.0 Å². The number of benzene rings is 1. The number of carbonyl (C=O) groups excluding carboxylic acids is 1. The van der Waals surface area contributed by atoms with E-state index in [1.807, 2.05) is 4.90 Å². The third-order valence-electron chi connectivity index (χ3n) is 4.97. The van der Waals surface area contributed by atoms with E-state index in [2.05, 4.69) is 10.1 Å². The van der Waals surface area contributed by atoms with Crippen molar-refractivity contribution >= 4 is 17.4 Å². The van der Waals surface area contributed by atoms with Crippen LogP contribution in [0.3, 0.4) is 0 Å². The first-order chi connectivity index (χ1) is 14.0. The van der Waals surface area contributed by atoms with E-state index < -0.39 is 12.1 Å². The fraction of sp³-hybridized carbons (Fsp3) is 0.350. The third kappa shape index (κ3) is 3.49. The lowest BCUT2D eigenvalue weighted by molar-refractivity contribution is 0.0528. The van der Waals surface area contributed by atoms with E-state index in [-0.39, 0.29) is 24.0 Å². The number of aliphatic hydroxyl groups excluding tert-OH is 1. The molecular weight excluding hydrogens is 379 g/mol. The van der Waals surface area contributed by atoms with E-state index >= 15 is 0 Å². The highest BCUT2D eigenvalue weighted by atomic mass is 19.1. The molecule has 0 radical (unpaired) electrons. The molecule has 1 aliphatic rings. The van der Waals surface area contributed by atoms with E-state index in [9.17, 15) is 14.3 Å². The summed E-state index contributed by atoms with van der Waals surface area (Å²) >= 11 is 0. The maximum absolute atomic E-state index is 13.9. The molecule has 0 aliphatic carbocycles. The lowest BCUT2D eigenvalue weighted by Gasteiger charge is -2.27. The number of hydrogen-bond acceptors (Lipinski definition) is 7. The van der Waals surface area contributed by atoms with Gasteiger partial charge in [-0.3, -0.25) is 0 Å². The Morgan fingerprint density at radius 3 is 2.97 bits per heavy atom. The van der Waals surface area contributed by atoms with Gasteiger partial charge in [0.1, 0.15) is 22.9 Å². The second kappa shape index (κ2) is 7.67. The Kier molecular flexibility index (Phi) is 5.06. The molecule has 1 saturated heterocycles. The molecule has 2 aromatic heterocycles. The Labute approximate surface area is 166 Å². The van der Waals surface area contributed by atoms with Gasteiger partial charge in [0.25, 0.3) is 0 Å². The predicted octanol–water partition coefficient (Wildman–Crippen LogP) is 2.37. The first-order valence-electron chi connectivity index (χ1n) is 9.31. The number of rotatable bonds is 5. The minimum Gasteiger partial charge on any atom is -0.496 e. The van der Waals surface area contributed by atoms with Gasteiger partial charge >= 0.3 is 5.97 Å². The number of β-amino-alcohol motifs (C(OH)–C–C–N with tert-alkyl or cyclic N) is 1. The Morgan fingerprint density at radius 1 is 1.38 bits per heavy atom. The van der Waals surface area contributed by atoms with Crippen molar-refractivity contribution in [2.45, 2.75) is 25.5 Å². The minimum atomic E-state index is -0.611. The monoisotopic (exact) mass is 400 g/mol. The summed E-state index contributed by atoms with van der Waals surface area (Å²) < 4.78 is 25.9. The molecule has 2 atom stereocenters. The molecule has 8 nitrogen and oxygen atoms in total. The van der Waals surface area contributed by atoms with Crippen molar-refractivity contribution in [1.29, 1.82) is 0 Å². The molecule has 2 unspecified atom stereocenters. The maximum atomic E-state index is 13.9. The maximum Gasteiger partial charge on any atom is 0.343 e. The average Bonchev–Trinajstić information content (AvgIpc) is 3.31. The highest BCUT2D eigenvalue weighted by Crippen LogP contribution is 2.39. The molecule has 9 heteroatoms. The summed E-state index contributed by atoms with van der Waals surface area (Å²) in [5.41, 5.74) is 1.24. The molecule has 3 aromatic rings. The summed E-state index contributed by atoms with van der Waals surface area (Å²) in [4.78, 5) is 18.7. The van der Waals surface area contributed by atoms with Crippen molar-refractivity contribution in [3.8, 4) is 5.75 Å². The summed E-state index contributed by atoms with van der Waals surface area (Å²) in [6.07, 6.45) is 2.89. The van der Waals surface area contributed by atoms with Gasteiger partial charge in [0.05, 0.1) is 32.1 Å². The number of aliphatic hydroxyl groups is 1. The normalized spacial score (nSPS) is 19.0. The molecule has 152 valence electrons. The van der Waals surface area contributed by atoms with E-state index in [0.29, 0.717) is 35.7 Å². The molecule has 1 fully saturated rings. The lowest BCUT2D eigenvalue weighted by atomic mass is 10.0. The van der Waals surface area contributed by atoms with Crippen LogP contribution in [0.5, 0.6) is 5.75 Å². The van der Waals surface area contributed by atoms with Crippen LogP contribution in [0.25, 0.3) is 5.65 Å². The molecule has 1 aromatic carbocycles. The van der Waals surface area contributed by atoms with Gasteiger partial charge in [-0.1, -0.05) is 0 Å². The summed E-state index contributed by atoms with van der Waals surface area (Å²) in [6, 6.07) is 5.72. The number of carbonyl (C=O) groups is 1. The third-order valence-corrected chi connectivity index (χ3v) is 4.97. The number of anilines is 1. The number of aromatic nitrogens is 3. The van der Waals surface area contributed by atoms with Crippen molar-refractivity contribution in [3.63, 3.8) is 0 Å². The highest BCUT2D eigenvalue weighted by molar-refractivity contribution is 5.95. The molecular formula is C20H21FN4O4. The molecule has 1 aliphatic heterocycles. The lowest BCUT2D eigenvalue weighted by Crippen LogP contribution is -2.26. The largest absolute Gasteiger partial charge is 0.496 e. The number of hydrogen-bond donors (Lipinski definition) is 1. The molecule has 0 spiro atoms. The van der Waals surface area contributed by atoms with Gasteiger partial charge in [-0.05, 0) is 37.6 Å². The number of fused-ring (bicyclic) bond motifs is 1. The van der Waals surface area contributed by atoms with Crippen LogP contribution in [0.1, 0.15) is 35.3 Å². The highest BCUT2D eigenvalue weighted by Gasteiger charge is 2.35. The van der Waals surface area contributed by atoms with Gasteiger partial charge in [-0.15, -0.1) is 0 Å². The standard InChI is InChI=1S/C20H21FN4O4/c1-3-29-20(27)15-10-22-25-7-6-18(23-19(15)25)24-11-13(26)9-16(24)14-8-12(21)4-5-17(14)28-2/h4-8,10,13,16,26H,3,9,11H2,1-2H3. The van der Waals surface area contributed by atoms with Gasteiger partial charge in [0.2, 0.25) is 0 Å². The zero-order valence-corrected chi connectivity index (χ0v) is 16.1. The Balaban J connectivity index is 1.76.